The summed E-state index contributed by atoms with van der Waals surface area (Å²) in [4.78, 5) is 23.7. The second-order valence-electron chi connectivity index (χ2n) is 4.01. The molecule has 0 atom stereocenters. The number of carbonyl (C=O) groups is 1. The number of piperazine rings is 1. The lowest BCUT2D eigenvalue weighted by Crippen LogP contribution is -2.49. The predicted molar refractivity (Wildman–Crippen MR) is 72.0 cm³/mol. The standard InChI is InChI=1S/C11H15BrN4O3/c12-9-7-13-10(14-8-9)15-1-3-16(4-2-15)11(18)19-6-5-17/h7-8,17H,1-6H2. The van der Waals surface area contributed by atoms with Gasteiger partial charge in [-0.05, 0) is 15.9 Å². The SMILES string of the molecule is O=C(OCCO)N1CCN(c2ncc(Br)cn2)CC1. The molecule has 2 rings (SSSR count). The fourth-order valence-electron chi connectivity index (χ4n) is 1.78. The number of halogens is 1. The number of hydrogen-bond acceptors (Lipinski definition) is 6. The average Bonchev–Trinajstić information content (AvgIpc) is 2.46. The second kappa shape index (κ2) is 6.67. The zero-order chi connectivity index (χ0) is 13.7. The van der Waals surface area contributed by atoms with E-state index in [1.807, 2.05) is 4.90 Å². The lowest BCUT2D eigenvalue weighted by atomic mass is 10.3. The van der Waals surface area contributed by atoms with E-state index in [2.05, 4.69) is 25.9 Å². The molecule has 0 saturated carbocycles. The topological polar surface area (TPSA) is 78.8 Å². The highest BCUT2D eigenvalue weighted by Crippen LogP contribution is 2.13. The van der Waals surface area contributed by atoms with Crippen molar-refractivity contribution in [1.29, 1.82) is 0 Å². The molecule has 19 heavy (non-hydrogen) atoms. The maximum Gasteiger partial charge on any atom is 0.409 e. The largest absolute Gasteiger partial charge is 0.447 e. The Hall–Kier alpha value is -1.41. The van der Waals surface area contributed by atoms with E-state index in [-0.39, 0.29) is 19.3 Å². The van der Waals surface area contributed by atoms with E-state index >= 15 is 0 Å². The van der Waals surface area contributed by atoms with Gasteiger partial charge in [0.1, 0.15) is 6.61 Å². The first-order valence-corrected chi connectivity index (χ1v) is 6.75. The molecule has 104 valence electrons. The molecule has 8 heteroatoms. The van der Waals surface area contributed by atoms with E-state index in [9.17, 15) is 4.79 Å². The van der Waals surface area contributed by atoms with Crippen LogP contribution in [0.3, 0.4) is 0 Å². The third-order valence-electron chi connectivity index (χ3n) is 2.74. The van der Waals surface area contributed by atoms with Gasteiger partial charge in [-0.15, -0.1) is 0 Å². The minimum atomic E-state index is -0.384. The van der Waals surface area contributed by atoms with Crippen molar-refractivity contribution in [3.05, 3.63) is 16.9 Å². The smallest absolute Gasteiger partial charge is 0.409 e. The van der Waals surface area contributed by atoms with E-state index in [1.54, 1.807) is 17.3 Å². The number of aromatic nitrogens is 2. The van der Waals surface area contributed by atoms with E-state index in [1.165, 1.54) is 0 Å². The molecule has 0 aliphatic carbocycles. The molecule has 0 bridgehead atoms. The minimum Gasteiger partial charge on any atom is -0.447 e. The maximum absolute atomic E-state index is 11.6. The molecule has 1 aliphatic rings. The molecule has 1 fully saturated rings. The van der Waals surface area contributed by atoms with Crippen molar-refractivity contribution >= 4 is 28.0 Å². The Bertz CT molecular complexity index is 420. The summed E-state index contributed by atoms with van der Waals surface area (Å²) >= 11 is 3.29. The molecule has 1 aliphatic heterocycles. The van der Waals surface area contributed by atoms with Crippen LogP contribution in [0.5, 0.6) is 0 Å². The molecule has 0 spiro atoms. The average molecular weight is 331 g/mol. The van der Waals surface area contributed by atoms with Crippen LogP contribution >= 0.6 is 15.9 Å². The Labute approximate surface area is 119 Å². The van der Waals surface area contributed by atoms with Crippen molar-refractivity contribution < 1.29 is 14.6 Å². The number of ether oxygens (including phenoxy) is 1. The molecular formula is C11H15BrN4O3. The Morgan fingerprint density at radius 1 is 1.32 bits per heavy atom. The summed E-state index contributed by atoms with van der Waals surface area (Å²) < 4.78 is 5.70. The summed E-state index contributed by atoms with van der Waals surface area (Å²) in [5.41, 5.74) is 0. The van der Waals surface area contributed by atoms with Crippen molar-refractivity contribution in [2.45, 2.75) is 0 Å². The van der Waals surface area contributed by atoms with Crippen molar-refractivity contribution in [3.63, 3.8) is 0 Å². The molecule has 1 aromatic rings. The van der Waals surface area contributed by atoms with Crippen LogP contribution in [0.4, 0.5) is 10.7 Å². The summed E-state index contributed by atoms with van der Waals surface area (Å²) in [5.74, 6) is 0.659. The summed E-state index contributed by atoms with van der Waals surface area (Å²) in [6.07, 6.45) is 3.01. The maximum atomic E-state index is 11.6. The van der Waals surface area contributed by atoms with Crippen LogP contribution < -0.4 is 4.90 Å². The Morgan fingerprint density at radius 3 is 2.53 bits per heavy atom. The number of anilines is 1. The normalized spacial score (nSPS) is 15.5. The van der Waals surface area contributed by atoms with Gasteiger partial charge in [0, 0.05) is 38.6 Å². The van der Waals surface area contributed by atoms with Gasteiger partial charge in [-0.1, -0.05) is 0 Å². The third-order valence-corrected chi connectivity index (χ3v) is 3.15. The molecule has 0 aromatic carbocycles. The number of hydrogen-bond donors (Lipinski definition) is 1. The molecular weight excluding hydrogens is 316 g/mol. The van der Waals surface area contributed by atoms with Gasteiger partial charge >= 0.3 is 6.09 Å². The highest BCUT2D eigenvalue weighted by Gasteiger charge is 2.23. The van der Waals surface area contributed by atoms with E-state index in [4.69, 9.17) is 9.84 Å². The summed E-state index contributed by atoms with van der Waals surface area (Å²) in [5, 5.41) is 8.60. The number of rotatable bonds is 3. The van der Waals surface area contributed by atoms with Crippen LogP contribution in [-0.4, -0.2) is 65.5 Å². The van der Waals surface area contributed by atoms with Crippen molar-refractivity contribution in [3.8, 4) is 0 Å². The Balaban J connectivity index is 1.85. The van der Waals surface area contributed by atoms with Gasteiger partial charge in [-0.3, -0.25) is 0 Å². The van der Waals surface area contributed by atoms with Crippen molar-refractivity contribution in [2.75, 3.05) is 44.3 Å². The molecule has 0 radical (unpaired) electrons. The summed E-state index contributed by atoms with van der Waals surface area (Å²) in [6, 6.07) is 0. The molecule has 1 aromatic heterocycles. The van der Waals surface area contributed by atoms with Gasteiger partial charge < -0.3 is 19.6 Å². The van der Waals surface area contributed by atoms with Gasteiger partial charge in [0.2, 0.25) is 5.95 Å². The third kappa shape index (κ3) is 3.77. The fraction of sp³-hybridized carbons (Fsp3) is 0.545. The van der Waals surface area contributed by atoms with Crippen LogP contribution in [-0.2, 0) is 4.74 Å². The zero-order valence-electron chi connectivity index (χ0n) is 10.3. The molecule has 0 unspecified atom stereocenters. The van der Waals surface area contributed by atoms with E-state index in [0.29, 0.717) is 32.1 Å². The first-order chi connectivity index (χ1) is 9.20. The lowest BCUT2D eigenvalue weighted by Gasteiger charge is -2.33. The predicted octanol–water partition coefficient (Wildman–Crippen LogP) is 0.490. The number of carbonyl (C=O) groups excluding carboxylic acids is 1. The monoisotopic (exact) mass is 330 g/mol. The molecule has 2 heterocycles. The van der Waals surface area contributed by atoms with Gasteiger partial charge in [-0.25, -0.2) is 14.8 Å². The van der Waals surface area contributed by atoms with Crippen LogP contribution in [0.15, 0.2) is 16.9 Å². The molecule has 1 amide bonds. The molecule has 7 nitrogen and oxygen atoms in total. The Kier molecular flexibility index (Phi) is 4.92. The van der Waals surface area contributed by atoms with Crippen LogP contribution in [0.25, 0.3) is 0 Å². The Morgan fingerprint density at radius 2 is 1.95 bits per heavy atom. The number of aliphatic hydroxyl groups excluding tert-OH is 1. The molecule has 1 N–H and O–H groups in total. The molecule has 1 saturated heterocycles. The van der Waals surface area contributed by atoms with Gasteiger partial charge in [0.15, 0.2) is 0 Å². The fourth-order valence-corrected chi connectivity index (χ4v) is 1.99. The number of amides is 1. The minimum absolute atomic E-state index is 0.0366. The van der Waals surface area contributed by atoms with Crippen molar-refractivity contribution in [1.82, 2.24) is 14.9 Å². The van der Waals surface area contributed by atoms with Gasteiger partial charge in [-0.2, -0.15) is 0 Å². The van der Waals surface area contributed by atoms with Gasteiger partial charge in [0.25, 0.3) is 0 Å². The lowest BCUT2D eigenvalue weighted by molar-refractivity contribution is 0.0825. The van der Waals surface area contributed by atoms with E-state index < -0.39 is 0 Å². The first kappa shape index (κ1) is 14.0. The van der Waals surface area contributed by atoms with Crippen LogP contribution in [0.1, 0.15) is 0 Å². The van der Waals surface area contributed by atoms with E-state index in [0.717, 1.165) is 4.47 Å². The van der Waals surface area contributed by atoms with Crippen molar-refractivity contribution in [2.24, 2.45) is 0 Å². The van der Waals surface area contributed by atoms with Gasteiger partial charge in [0.05, 0.1) is 11.1 Å². The highest BCUT2D eigenvalue weighted by molar-refractivity contribution is 9.10. The zero-order valence-corrected chi connectivity index (χ0v) is 11.9. The first-order valence-electron chi connectivity index (χ1n) is 5.96. The number of nitrogens with zero attached hydrogens (tertiary/aromatic N) is 4. The summed E-state index contributed by atoms with van der Waals surface area (Å²) in [6.45, 7) is 2.33. The summed E-state index contributed by atoms with van der Waals surface area (Å²) in [7, 11) is 0. The van der Waals surface area contributed by atoms with Crippen LogP contribution in [0, 0.1) is 0 Å². The van der Waals surface area contributed by atoms with Crippen LogP contribution in [0.2, 0.25) is 0 Å². The quantitative estimate of drug-likeness (QED) is 0.869. The highest BCUT2D eigenvalue weighted by atomic mass is 79.9. The number of aliphatic hydroxyl groups is 1. The second-order valence-corrected chi connectivity index (χ2v) is 4.93.